The summed E-state index contributed by atoms with van der Waals surface area (Å²) in [6, 6.07) is 1.35. The van der Waals surface area contributed by atoms with Crippen molar-refractivity contribution in [3.8, 4) is 0 Å². The van der Waals surface area contributed by atoms with E-state index in [1.165, 1.54) is 17.0 Å². The quantitative estimate of drug-likeness (QED) is 0.907. The Bertz CT molecular complexity index is 740. The first-order valence-corrected chi connectivity index (χ1v) is 7.85. The number of carbonyl (C=O) groups is 1. The van der Waals surface area contributed by atoms with Crippen molar-refractivity contribution in [3.05, 3.63) is 22.2 Å². The summed E-state index contributed by atoms with van der Waals surface area (Å²) in [4.78, 5) is 31.1. The number of hydrogen-bond donors (Lipinski definition) is 2. The molecule has 0 saturated heterocycles. The molecule has 0 aromatic carbocycles. The summed E-state index contributed by atoms with van der Waals surface area (Å²) in [5.41, 5.74) is -0.297. The molecule has 1 fully saturated rings. The number of carbonyl (C=O) groups excluding carboxylic acids is 1. The third-order valence-electron chi connectivity index (χ3n) is 4.10. The molecule has 0 bridgehead atoms. The van der Waals surface area contributed by atoms with Crippen molar-refractivity contribution < 1.29 is 4.79 Å². The number of anilines is 1. The van der Waals surface area contributed by atoms with Crippen LogP contribution in [0.1, 0.15) is 57.7 Å². The fourth-order valence-electron chi connectivity index (χ4n) is 2.84. The van der Waals surface area contributed by atoms with E-state index in [0.29, 0.717) is 17.4 Å². The van der Waals surface area contributed by atoms with Crippen LogP contribution in [0.25, 0.3) is 5.78 Å². The highest BCUT2D eigenvalue weighted by molar-refractivity contribution is 5.91. The summed E-state index contributed by atoms with van der Waals surface area (Å²) < 4.78 is 1.50. The SMILES string of the molecule is CC(C)c1nc2[nH]c(=O)cc(NC(=O)C3CCCCC3)n2n1. The van der Waals surface area contributed by atoms with Gasteiger partial charge in [0.05, 0.1) is 0 Å². The maximum Gasteiger partial charge on any atom is 0.254 e. The second-order valence-electron chi connectivity index (χ2n) is 6.20. The van der Waals surface area contributed by atoms with Crippen LogP contribution < -0.4 is 10.9 Å². The highest BCUT2D eigenvalue weighted by atomic mass is 16.2. The summed E-state index contributed by atoms with van der Waals surface area (Å²) in [7, 11) is 0. The van der Waals surface area contributed by atoms with Crippen molar-refractivity contribution in [3.63, 3.8) is 0 Å². The first-order valence-electron chi connectivity index (χ1n) is 7.85. The number of hydrogen-bond acceptors (Lipinski definition) is 4. The number of fused-ring (bicyclic) bond motifs is 1. The molecule has 2 heterocycles. The van der Waals surface area contributed by atoms with Gasteiger partial charge in [0.25, 0.3) is 5.56 Å². The molecule has 0 radical (unpaired) electrons. The van der Waals surface area contributed by atoms with E-state index >= 15 is 0 Å². The smallest absolute Gasteiger partial charge is 0.254 e. The Hall–Kier alpha value is -2.18. The standard InChI is InChI=1S/C15H21N5O2/c1-9(2)13-18-15-17-12(21)8-11(20(15)19-13)16-14(22)10-6-4-3-5-7-10/h8-10H,3-7H2,1-2H3,(H,16,22)(H,17,18,19,21). The summed E-state index contributed by atoms with van der Waals surface area (Å²) in [6.45, 7) is 3.96. The minimum Gasteiger partial charge on any atom is -0.310 e. The minimum absolute atomic E-state index is 0.0242. The van der Waals surface area contributed by atoms with Crippen LogP contribution in [0.15, 0.2) is 10.9 Å². The fraction of sp³-hybridized carbons (Fsp3) is 0.600. The van der Waals surface area contributed by atoms with E-state index < -0.39 is 0 Å². The first-order chi connectivity index (χ1) is 10.5. The van der Waals surface area contributed by atoms with Gasteiger partial charge in [0.15, 0.2) is 5.82 Å². The summed E-state index contributed by atoms with van der Waals surface area (Å²) in [6.07, 6.45) is 5.19. The van der Waals surface area contributed by atoms with Crippen LogP contribution in [-0.4, -0.2) is 25.5 Å². The van der Waals surface area contributed by atoms with Crippen LogP contribution in [0.5, 0.6) is 0 Å². The molecular formula is C15H21N5O2. The summed E-state index contributed by atoms with van der Waals surface area (Å²) in [5, 5.41) is 7.22. The molecule has 0 atom stereocenters. The van der Waals surface area contributed by atoms with Crippen molar-refractivity contribution in [2.45, 2.75) is 51.9 Å². The number of aromatic amines is 1. The Kier molecular flexibility index (Phi) is 3.96. The molecule has 118 valence electrons. The third kappa shape index (κ3) is 2.88. The Morgan fingerprint density at radius 1 is 1.36 bits per heavy atom. The van der Waals surface area contributed by atoms with Gasteiger partial charge in [-0.15, -0.1) is 5.10 Å². The molecule has 3 rings (SSSR count). The zero-order chi connectivity index (χ0) is 15.7. The van der Waals surface area contributed by atoms with Crippen LogP contribution in [0.4, 0.5) is 5.82 Å². The van der Waals surface area contributed by atoms with Crippen molar-refractivity contribution >= 4 is 17.5 Å². The second-order valence-corrected chi connectivity index (χ2v) is 6.20. The van der Waals surface area contributed by atoms with Crippen LogP contribution in [0.2, 0.25) is 0 Å². The Morgan fingerprint density at radius 3 is 2.77 bits per heavy atom. The molecule has 1 aliphatic rings. The largest absolute Gasteiger partial charge is 0.310 e. The molecule has 7 heteroatoms. The van der Waals surface area contributed by atoms with Gasteiger partial charge in [-0.2, -0.15) is 9.50 Å². The lowest BCUT2D eigenvalue weighted by Gasteiger charge is -2.20. The number of nitrogens with one attached hydrogen (secondary N) is 2. The van der Waals surface area contributed by atoms with Crippen molar-refractivity contribution in [2.24, 2.45) is 5.92 Å². The average molecular weight is 303 g/mol. The third-order valence-corrected chi connectivity index (χ3v) is 4.10. The van der Waals surface area contributed by atoms with Crippen LogP contribution in [-0.2, 0) is 4.79 Å². The van der Waals surface area contributed by atoms with Gasteiger partial charge in [0.1, 0.15) is 5.82 Å². The molecule has 1 amide bonds. The Labute approximate surface area is 128 Å². The van der Waals surface area contributed by atoms with Crippen LogP contribution >= 0.6 is 0 Å². The predicted octanol–water partition coefficient (Wildman–Crippen LogP) is 2.06. The van der Waals surface area contributed by atoms with Crippen molar-refractivity contribution in [2.75, 3.05) is 5.32 Å². The van der Waals surface area contributed by atoms with E-state index in [0.717, 1.165) is 25.7 Å². The number of rotatable bonds is 3. The molecule has 1 saturated carbocycles. The van der Waals surface area contributed by atoms with Crippen LogP contribution in [0, 0.1) is 5.92 Å². The molecule has 22 heavy (non-hydrogen) atoms. The lowest BCUT2D eigenvalue weighted by atomic mass is 9.89. The molecule has 2 aromatic rings. The lowest BCUT2D eigenvalue weighted by molar-refractivity contribution is -0.120. The maximum atomic E-state index is 12.4. The minimum atomic E-state index is -0.297. The second kappa shape index (κ2) is 5.90. The Balaban J connectivity index is 1.92. The zero-order valence-corrected chi connectivity index (χ0v) is 12.9. The van der Waals surface area contributed by atoms with Gasteiger partial charge >= 0.3 is 0 Å². The number of amides is 1. The monoisotopic (exact) mass is 303 g/mol. The highest BCUT2D eigenvalue weighted by Gasteiger charge is 2.22. The normalized spacial score (nSPS) is 16.3. The van der Waals surface area contributed by atoms with Gasteiger partial charge in [0, 0.05) is 17.9 Å². The van der Waals surface area contributed by atoms with E-state index in [2.05, 4.69) is 20.4 Å². The fourth-order valence-corrected chi connectivity index (χ4v) is 2.84. The number of nitrogens with zero attached hydrogens (tertiary/aromatic N) is 3. The molecule has 7 nitrogen and oxygen atoms in total. The molecule has 2 aromatic heterocycles. The maximum absolute atomic E-state index is 12.4. The molecule has 1 aliphatic carbocycles. The lowest BCUT2D eigenvalue weighted by Crippen LogP contribution is -2.27. The van der Waals surface area contributed by atoms with E-state index in [9.17, 15) is 9.59 Å². The predicted molar refractivity (Wildman–Crippen MR) is 82.9 cm³/mol. The molecular weight excluding hydrogens is 282 g/mol. The zero-order valence-electron chi connectivity index (χ0n) is 12.9. The summed E-state index contributed by atoms with van der Waals surface area (Å²) in [5.74, 6) is 1.51. The van der Waals surface area contributed by atoms with Gasteiger partial charge in [0.2, 0.25) is 11.7 Å². The Morgan fingerprint density at radius 2 is 2.09 bits per heavy atom. The highest BCUT2D eigenvalue weighted by Crippen LogP contribution is 2.24. The van der Waals surface area contributed by atoms with Crippen molar-refractivity contribution in [1.82, 2.24) is 19.6 Å². The van der Waals surface area contributed by atoms with E-state index in [4.69, 9.17) is 0 Å². The number of H-pyrrole nitrogens is 1. The number of aromatic nitrogens is 4. The van der Waals surface area contributed by atoms with Crippen molar-refractivity contribution in [1.29, 1.82) is 0 Å². The average Bonchev–Trinajstić information content (AvgIpc) is 2.92. The molecule has 0 unspecified atom stereocenters. The van der Waals surface area contributed by atoms with Gasteiger partial charge in [-0.05, 0) is 12.8 Å². The molecule has 2 N–H and O–H groups in total. The topological polar surface area (TPSA) is 92.1 Å². The van der Waals surface area contributed by atoms with Gasteiger partial charge in [-0.1, -0.05) is 33.1 Å². The van der Waals surface area contributed by atoms with Gasteiger partial charge < -0.3 is 5.32 Å². The van der Waals surface area contributed by atoms with Crippen LogP contribution in [0.3, 0.4) is 0 Å². The van der Waals surface area contributed by atoms with E-state index in [-0.39, 0.29) is 23.3 Å². The van der Waals surface area contributed by atoms with E-state index in [1.54, 1.807) is 0 Å². The summed E-state index contributed by atoms with van der Waals surface area (Å²) >= 11 is 0. The van der Waals surface area contributed by atoms with Gasteiger partial charge in [-0.25, -0.2) is 0 Å². The van der Waals surface area contributed by atoms with Gasteiger partial charge in [-0.3, -0.25) is 14.6 Å². The molecule has 0 spiro atoms. The van der Waals surface area contributed by atoms with E-state index in [1.807, 2.05) is 13.8 Å². The first kappa shape index (κ1) is 14.7. The molecule has 0 aliphatic heterocycles.